The van der Waals surface area contributed by atoms with E-state index in [1.165, 1.54) is 16.0 Å². The van der Waals surface area contributed by atoms with Crippen LogP contribution in [-0.4, -0.2) is 4.98 Å². The van der Waals surface area contributed by atoms with Crippen molar-refractivity contribution in [3.63, 3.8) is 0 Å². The summed E-state index contributed by atoms with van der Waals surface area (Å²) in [6, 6.07) is 8.61. The second-order valence-corrected chi connectivity index (χ2v) is 4.72. The maximum absolute atomic E-state index is 4.43. The number of thiazole rings is 1. The van der Waals surface area contributed by atoms with E-state index in [-0.39, 0.29) is 0 Å². The summed E-state index contributed by atoms with van der Waals surface area (Å²) in [6.45, 7) is 10.2. The van der Waals surface area contributed by atoms with Crippen LogP contribution in [0.5, 0.6) is 0 Å². The number of hydrogen-bond acceptors (Lipinski definition) is 2. The first kappa shape index (κ1) is 12.9. The van der Waals surface area contributed by atoms with Gasteiger partial charge in [0, 0.05) is 0 Å². The monoisotopic (exact) mass is 233 g/mol. The number of hydrogen-bond donors (Lipinski definition) is 0. The first-order chi connectivity index (χ1) is 7.66. The Hall–Kier alpha value is -1.15. The molecule has 2 aromatic rings. The SMILES string of the molecule is CC.Cc1ccc(-c2sc(C)nc2C)cc1. The van der Waals surface area contributed by atoms with E-state index < -0.39 is 0 Å². The second-order valence-electron chi connectivity index (χ2n) is 3.51. The van der Waals surface area contributed by atoms with Crippen LogP contribution in [0.1, 0.15) is 30.1 Å². The van der Waals surface area contributed by atoms with Crippen molar-refractivity contribution in [2.24, 2.45) is 0 Å². The van der Waals surface area contributed by atoms with Crippen LogP contribution in [0.3, 0.4) is 0 Å². The summed E-state index contributed by atoms with van der Waals surface area (Å²) < 4.78 is 0. The maximum atomic E-state index is 4.43. The summed E-state index contributed by atoms with van der Waals surface area (Å²) >= 11 is 1.76. The first-order valence-electron chi connectivity index (χ1n) is 5.68. The van der Waals surface area contributed by atoms with E-state index in [0.717, 1.165) is 10.7 Å². The Bertz CT molecular complexity index is 440. The summed E-state index contributed by atoms with van der Waals surface area (Å²) in [4.78, 5) is 5.72. The predicted molar refractivity (Wildman–Crippen MR) is 73.1 cm³/mol. The lowest BCUT2D eigenvalue weighted by atomic mass is 10.1. The summed E-state index contributed by atoms with van der Waals surface area (Å²) in [6.07, 6.45) is 0. The van der Waals surface area contributed by atoms with Crippen LogP contribution in [0.25, 0.3) is 10.4 Å². The summed E-state index contributed by atoms with van der Waals surface area (Å²) in [5.74, 6) is 0. The topological polar surface area (TPSA) is 12.9 Å². The van der Waals surface area contributed by atoms with Gasteiger partial charge in [-0.3, -0.25) is 0 Å². The van der Waals surface area contributed by atoms with Crippen molar-refractivity contribution >= 4 is 11.3 Å². The summed E-state index contributed by atoms with van der Waals surface area (Å²) in [7, 11) is 0. The van der Waals surface area contributed by atoms with E-state index in [1.54, 1.807) is 11.3 Å². The van der Waals surface area contributed by atoms with E-state index in [4.69, 9.17) is 0 Å². The van der Waals surface area contributed by atoms with Gasteiger partial charge in [0.05, 0.1) is 15.6 Å². The maximum Gasteiger partial charge on any atom is 0.0903 e. The van der Waals surface area contributed by atoms with Gasteiger partial charge < -0.3 is 0 Å². The molecule has 0 bridgehead atoms. The average molecular weight is 233 g/mol. The minimum atomic E-state index is 1.14. The van der Waals surface area contributed by atoms with Crippen LogP contribution in [0.2, 0.25) is 0 Å². The van der Waals surface area contributed by atoms with Crippen LogP contribution in [-0.2, 0) is 0 Å². The van der Waals surface area contributed by atoms with E-state index in [9.17, 15) is 0 Å². The standard InChI is InChI=1S/C12H13NS.C2H6/c1-8-4-6-11(7-5-8)12-9(2)13-10(3)14-12;1-2/h4-7H,1-3H3;1-2H3. The molecule has 0 saturated heterocycles. The van der Waals surface area contributed by atoms with Crippen LogP contribution >= 0.6 is 11.3 Å². The molecule has 0 atom stereocenters. The molecule has 1 nitrogen and oxygen atoms in total. The molecule has 0 saturated carbocycles. The highest BCUT2D eigenvalue weighted by molar-refractivity contribution is 7.15. The van der Waals surface area contributed by atoms with Crippen LogP contribution in [0.15, 0.2) is 24.3 Å². The first-order valence-corrected chi connectivity index (χ1v) is 6.49. The normalized spacial score (nSPS) is 9.56. The molecule has 0 aliphatic rings. The average Bonchev–Trinajstić information content (AvgIpc) is 2.62. The lowest BCUT2D eigenvalue weighted by Gasteiger charge is -1.98. The van der Waals surface area contributed by atoms with Crippen molar-refractivity contribution in [2.45, 2.75) is 34.6 Å². The fraction of sp³-hybridized carbons (Fsp3) is 0.357. The fourth-order valence-electron chi connectivity index (χ4n) is 1.50. The molecular weight excluding hydrogens is 214 g/mol. The molecule has 16 heavy (non-hydrogen) atoms. The van der Waals surface area contributed by atoms with Crippen LogP contribution in [0.4, 0.5) is 0 Å². The number of aryl methyl sites for hydroxylation is 3. The Morgan fingerprint density at radius 2 is 1.50 bits per heavy atom. The predicted octanol–water partition coefficient (Wildman–Crippen LogP) is 4.76. The van der Waals surface area contributed by atoms with Crippen LogP contribution in [0, 0.1) is 20.8 Å². The van der Waals surface area contributed by atoms with E-state index in [0.29, 0.717) is 0 Å². The van der Waals surface area contributed by atoms with Crippen molar-refractivity contribution in [3.05, 3.63) is 40.5 Å². The van der Waals surface area contributed by atoms with Crippen molar-refractivity contribution in [1.82, 2.24) is 4.98 Å². The van der Waals surface area contributed by atoms with Gasteiger partial charge in [0.25, 0.3) is 0 Å². The van der Waals surface area contributed by atoms with Crippen molar-refractivity contribution in [3.8, 4) is 10.4 Å². The Morgan fingerprint density at radius 1 is 0.938 bits per heavy atom. The van der Waals surface area contributed by atoms with Gasteiger partial charge in [0.2, 0.25) is 0 Å². The smallest absolute Gasteiger partial charge is 0.0903 e. The molecule has 2 heteroatoms. The minimum Gasteiger partial charge on any atom is -0.246 e. The lowest BCUT2D eigenvalue weighted by molar-refractivity contribution is 1.20. The third kappa shape index (κ3) is 2.92. The molecule has 0 amide bonds. The van der Waals surface area contributed by atoms with E-state index >= 15 is 0 Å². The summed E-state index contributed by atoms with van der Waals surface area (Å²) in [5, 5.41) is 1.14. The minimum absolute atomic E-state index is 1.14. The van der Waals surface area contributed by atoms with Crippen molar-refractivity contribution < 1.29 is 0 Å². The van der Waals surface area contributed by atoms with Gasteiger partial charge in [-0.15, -0.1) is 11.3 Å². The van der Waals surface area contributed by atoms with Gasteiger partial charge in [-0.25, -0.2) is 4.98 Å². The Morgan fingerprint density at radius 3 is 1.94 bits per heavy atom. The molecule has 0 unspecified atom stereocenters. The molecule has 86 valence electrons. The third-order valence-corrected chi connectivity index (χ3v) is 3.34. The molecule has 1 aromatic heterocycles. The Kier molecular flexibility index (Phi) is 4.69. The highest BCUT2D eigenvalue weighted by Gasteiger charge is 2.06. The highest BCUT2D eigenvalue weighted by Crippen LogP contribution is 2.29. The molecule has 0 spiro atoms. The Balaban J connectivity index is 0.000000606. The molecule has 0 N–H and O–H groups in total. The van der Waals surface area contributed by atoms with Gasteiger partial charge in [0.1, 0.15) is 0 Å². The van der Waals surface area contributed by atoms with Gasteiger partial charge >= 0.3 is 0 Å². The molecule has 1 heterocycles. The number of benzene rings is 1. The molecular formula is C14H19NS. The number of rotatable bonds is 1. The van der Waals surface area contributed by atoms with E-state index in [1.807, 2.05) is 13.8 Å². The van der Waals surface area contributed by atoms with Crippen LogP contribution < -0.4 is 0 Å². The van der Waals surface area contributed by atoms with Gasteiger partial charge in [-0.05, 0) is 26.3 Å². The van der Waals surface area contributed by atoms with Crippen molar-refractivity contribution in [1.29, 1.82) is 0 Å². The van der Waals surface area contributed by atoms with Crippen molar-refractivity contribution in [2.75, 3.05) is 0 Å². The molecule has 1 aromatic carbocycles. The second kappa shape index (κ2) is 5.80. The number of nitrogens with zero attached hydrogens (tertiary/aromatic N) is 1. The molecule has 0 aliphatic carbocycles. The Labute approximate surface area is 102 Å². The van der Waals surface area contributed by atoms with E-state index in [2.05, 4.69) is 50.0 Å². The summed E-state index contributed by atoms with van der Waals surface area (Å²) in [5.41, 5.74) is 3.71. The molecule has 0 aliphatic heterocycles. The van der Waals surface area contributed by atoms with Gasteiger partial charge in [-0.2, -0.15) is 0 Å². The molecule has 2 rings (SSSR count). The van der Waals surface area contributed by atoms with Gasteiger partial charge in [0.15, 0.2) is 0 Å². The molecule has 0 fully saturated rings. The van der Waals surface area contributed by atoms with Gasteiger partial charge in [-0.1, -0.05) is 43.7 Å². The highest BCUT2D eigenvalue weighted by atomic mass is 32.1. The quantitative estimate of drug-likeness (QED) is 0.692. The fourth-order valence-corrected chi connectivity index (χ4v) is 2.43. The zero-order valence-corrected chi connectivity index (χ0v) is 11.5. The largest absolute Gasteiger partial charge is 0.246 e. The zero-order valence-electron chi connectivity index (χ0n) is 10.7. The lowest BCUT2D eigenvalue weighted by Crippen LogP contribution is -1.78. The number of aromatic nitrogens is 1. The third-order valence-electron chi connectivity index (χ3n) is 2.22. The zero-order chi connectivity index (χ0) is 12.1. The molecule has 0 radical (unpaired) electrons.